The minimum absolute atomic E-state index is 0.0654. The molecule has 1 heterocycles. The van der Waals surface area contributed by atoms with E-state index in [1.165, 1.54) is 4.88 Å². The molecule has 0 spiro atoms. The highest BCUT2D eigenvalue weighted by Gasteiger charge is 2.20. The summed E-state index contributed by atoms with van der Waals surface area (Å²) >= 11 is 1.74. The Morgan fingerprint density at radius 1 is 1.29 bits per heavy atom. The normalized spacial score (nSPS) is 12.0. The van der Waals surface area contributed by atoms with Crippen molar-refractivity contribution in [2.45, 2.75) is 26.3 Å². The van der Waals surface area contributed by atoms with E-state index in [0.29, 0.717) is 0 Å². The fourth-order valence-electron chi connectivity index (χ4n) is 2.26. The average Bonchev–Trinajstić information content (AvgIpc) is 2.99. The SMILES string of the molecule is CCNc1ccccc1C(=O)N(C)C(C)Cc1cccs1. The van der Waals surface area contributed by atoms with Gasteiger partial charge in [0.1, 0.15) is 0 Å². The van der Waals surface area contributed by atoms with Gasteiger partial charge in [-0.25, -0.2) is 0 Å². The zero-order valence-corrected chi connectivity index (χ0v) is 13.6. The van der Waals surface area contributed by atoms with Crippen LogP contribution in [0, 0.1) is 0 Å². The van der Waals surface area contributed by atoms with Gasteiger partial charge in [-0.15, -0.1) is 11.3 Å². The van der Waals surface area contributed by atoms with Crippen LogP contribution in [0.5, 0.6) is 0 Å². The summed E-state index contributed by atoms with van der Waals surface area (Å²) in [6.07, 6.45) is 0.892. The van der Waals surface area contributed by atoms with Crippen molar-refractivity contribution in [3.8, 4) is 0 Å². The number of rotatable bonds is 6. The number of carbonyl (C=O) groups excluding carboxylic acids is 1. The van der Waals surface area contributed by atoms with Crippen LogP contribution in [0.3, 0.4) is 0 Å². The molecule has 0 aliphatic heterocycles. The van der Waals surface area contributed by atoms with Crippen molar-refractivity contribution < 1.29 is 4.79 Å². The number of thiophene rings is 1. The van der Waals surface area contributed by atoms with Crippen LogP contribution in [-0.2, 0) is 6.42 Å². The lowest BCUT2D eigenvalue weighted by molar-refractivity contribution is 0.0745. The third-order valence-corrected chi connectivity index (χ3v) is 4.48. The molecule has 1 unspecified atom stereocenters. The zero-order valence-electron chi connectivity index (χ0n) is 12.8. The Morgan fingerprint density at radius 2 is 2.05 bits per heavy atom. The number of benzene rings is 1. The van der Waals surface area contributed by atoms with E-state index in [1.807, 2.05) is 43.1 Å². The monoisotopic (exact) mass is 302 g/mol. The van der Waals surface area contributed by atoms with E-state index in [1.54, 1.807) is 11.3 Å². The molecule has 4 heteroatoms. The van der Waals surface area contributed by atoms with Crippen LogP contribution in [0.1, 0.15) is 29.1 Å². The lowest BCUT2D eigenvalue weighted by Gasteiger charge is -2.25. The highest BCUT2D eigenvalue weighted by atomic mass is 32.1. The van der Waals surface area contributed by atoms with Gasteiger partial charge in [0.05, 0.1) is 5.56 Å². The van der Waals surface area contributed by atoms with Crippen LogP contribution >= 0.6 is 11.3 Å². The van der Waals surface area contributed by atoms with Crippen molar-refractivity contribution in [3.63, 3.8) is 0 Å². The van der Waals surface area contributed by atoms with Crippen LogP contribution in [0.4, 0.5) is 5.69 Å². The molecule has 0 radical (unpaired) electrons. The maximum Gasteiger partial charge on any atom is 0.255 e. The third kappa shape index (κ3) is 3.85. The van der Waals surface area contributed by atoms with E-state index in [2.05, 4.69) is 29.8 Å². The molecule has 0 bridgehead atoms. The summed E-state index contributed by atoms with van der Waals surface area (Å²) < 4.78 is 0. The van der Waals surface area contributed by atoms with E-state index in [-0.39, 0.29) is 11.9 Å². The van der Waals surface area contributed by atoms with E-state index in [4.69, 9.17) is 0 Å². The third-order valence-electron chi connectivity index (χ3n) is 3.58. The van der Waals surface area contributed by atoms with E-state index < -0.39 is 0 Å². The first-order chi connectivity index (χ1) is 10.1. The molecule has 2 aromatic rings. The largest absolute Gasteiger partial charge is 0.385 e. The molecule has 112 valence electrons. The van der Waals surface area contributed by atoms with E-state index in [9.17, 15) is 4.79 Å². The second-order valence-electron chi connectivity index (χ2n) is 5.12. The number of amides is 1. The van der Waals surface area contributed by atoms with Crippen LogP contribution in [0.2, 0.25) is 0 Å². The molecule has 1 atom stereocenters. The first kappa shape index (κ1) is 15.6. The number of hydrogen-bond donors (Lipinski definition) is 1. The summed E-state index contributed by atoms with van der Waals surface area (Å²) in [4.78, 5) is 15.8. The summed E-state index contributed by atoms with van der Waals surface area (Å²) in [6, 6.07) is 12.0. The number of anilines is 1. The molecule has 0 saturated heterocycles. The van der Waals surface area contributed by atoms with Crippen molar-refractivity contribution >= 4 is 22.9 Å². The first-order valence-electron chi connectivity index (χ1n) is 7.26. The van der Waals surface area contributed by atoms with Crippen molar-refractivity contribution in [3.05, 3.63) is 52.2 Å². The summed E-state index contributed by atoms with van der Waals surface area (Å²) in [7, 11) is 1.88. The van der Waals surface area contributed by atoms with Gasteiger partial charge in [0, 0.05) is 36.6 Å². The average molecular weight is 302 g/mol. The molecule has 1 N–H and O–H groups in total. The number of hydrogen-bond acceptors (Lipinski definition) is 3. The molecular weight excluding hydrogens is 280 g/mol. The fourth-order valence-corrected chi connectivity index (χ4v) is 3.09. The molecule has 0 fully saturated rings. The molecule has 1 aromatic heterocycles. The maximum absolute atomic E-state index is 12.7. The van der Waals surface area contributed by atoms with Gasteiger partial charge in [-0.1, -0.05) is 18.2 Å². The molecule has 0 aliphatic rings. The summed E-state index contributed by atoms with van der Waals surface area (Å²) in [5.74, 6) is 0.0654. The second-order valence-corrected chi connectivity index (χ2v) is 6.16. The molecule has 1 amide bonds. The maximum atomic E-state index is 12.7. The van der Waals surface area contributed by atoms with E-state index in [0.717, 1.165) is 24.2 Å². The number of likely N-dealkylation sites (N-methyl/N-ethyl adjacent to an activating group) is 1. The van der Waals surface area contributed by atoms with Crippen molar-refractivity contribution in [2.75, 3.05) is 18.9 Å². The molecule has 21 heavy (non-hydrogen) atoms. The topological polar surface area (TPSA) is 32.3 Å². The summed E-state index contributed by atoms with van der Waals surface area (Å²) in [5, 5.41) is 5.32. The summed E-state index contributed by atoms with van der Waals surface area (Å²) in [6.45, 7) is 4.93. The van der Waals surface area contributed by atoms with Gasteiger partial charge in [-0.05, 0) is 37.4 Å². The van der Waals surface area contributed by atoms with Gasteiger partial charge in [0.15, 0.2) is 0 Å². The molecule has 1 aromatic carbocycles. The number of nitrogens with zero attached hydrogens (tertiary/aromatic N) is 1. The van der Waals surface area contributed by atoms with Crippen molar-refractivity contribution in [1.82, 2.24) is 4.90 Å². The fraction of sp³-hybridized carbons (Fsp3) is 0.353. The standard InChI is InChI=1S/C17H22N2OS/c1-4-18-16-10-6-5-9-15(16)17(20)19(3)13(2)12-14-8-7-11-21-14/h5-11,13,18H,4,12H2,1-3H3. The molecule has 0 saturated carbocycles. The molecule has 3 nitrogen and oxygen atoms in total. The molecule has 2 rings (SSSR count). The van der Waals surface area contributed by atoms with Crippen LogP contribution in [0.15, 0.2) is 41.8 Å². The number of para-hydroxylation sites is 1. The first-order valence-corrected chi connectivity index (χ1v) is 8.14. The zero-order chi connectivity index (χ0) is 15.2. The van der Waals surface area contributed by atoms with E-state index >= 15 is 0 Å². The summed E-state index contributed by atoms with van der Waals surface area (Å²) in [5.41, 5.74) is 1.64. The van der Waals surface area contributed by atoms with Gasteiger partial charge in [-0.2, -0.15) is 0 Å². The second kappa shape index (κ2) is 7.27. The smallest absolute Gasteiger partial charge is 0.255 e. The predicted molar refractivity (Wildman–Crippen MR) is 90.2 cm³/mol. The Balaban J connectivity index is 2.11. The van der Waals surface area contributed by atoms with Crippen molar-refractivity contribution in [1.29, 1.82) is 0 Å². The highest BCUT2D eigenvalue weighted by Crippen LogP contribution is 2.19. The minimum atomic E-state index is 0.0654. The van der Waals surface area contributed by atoms with Crippen LogP contribution in [0.25, 0.3) is 0 Å². The van der Waals surface area contributed by atoms with Gasteiger partial charge in [0.25, 0.3) is 5.91 Å². The Kier molecular flexibility index (Phi) is 5.39. The lowest BCUT2D eigenvalue weighted by atomic mass is 10.1. The number of nitrogens with one attached hydrogen (secondary N) is 1. The molecular formula is C17H22N2OS. The van der Waals surface area contributed by atoms with Gasteiger partial charge in [-0.3, -0.25) is 4.79 Å². The van der Waals surface area contributed by atoms with Crippen molar-refractivity contribution in [2.24, 2.45) is 0 Å². The van der Waals surface area contributed by atoms with Gasteiger partial charge >= 0.3 is 0 Å². The quantitative estimate of drug-likeness (QED) is 0.878. The van der Waals surface area contributed by atoms with Crippen LogP contribution < -0.4 is 5.32 Å². The predicted octanol–water partition coefficient (Wildman–Crippen LogP) is 3.88. The number of carbonyl (C=O) groups is 1. The lowest BCUT2D eigenvalue weighted by Crippen LogP contribution is -2.36. The van der Waals surface area contributed by atoms with Crippen LogP contribution in [-0.4, -0.2) is 30.4 Å². The highest BCUT2D eigenvalue weighted by molar-refractivity contribution is 7.09. The minimum Gasteiger partial charge on any atom is -0.385 e. The Bertz CT molecular complexity index is 580. The Labute approximate surface area is 130 Å². The van der Waals surface area contributed by atoms with Gasteiger partial charge in [0.2, 0.25) is 0 Å². The molecule has 0 aliphatic carbocycles. The van der Waals surface area contributed by atoms with Gasteiger partial charge < -0.3 is 10.2 Å². The Hall–Kier alpha value is -1.81. The Morgan fingerprint density at radius 3 is 2.71 bits per heavy atom.